The number of nitrogens with zero attached hydrogens (tertiary/aromatic N) is 4. The summed E-state index contributed by atoms with van der Waals surface area (Å²) in [5.74, 6) is 0.235. The first-order valence-corrected chi connectivity index (χ1v) is 10.0. The lowest BCUT2D eigenvalue weighted by atomic mass is 9.99. The molecule has 1 aliphatic heterocycles. The Balaban J connectivity index is 2.13. The van der Waals surface area contributed by atoms with Gasteiger partial charge in [-0.15, -0.1) is 0 Å². The molecule has 30 heavy (non-hydrogen) atoms. The Morgan fingerprint density at radius 2 is 1.97 bits per heavy atom. The van der Waals surface area contributed by atoms with E-state index in [4.69, 9.17) is 5.73 Å². The summed E-state index contributed by atoms with van der Waals surface area (Å²) >= 11 is 0. The van der Waals surface area contributed by atoms with Gasteiger partial charge in [0.2, 0.25) is 5.91 Å². The van der Waals surface area contributed by atoms with Crippen LogP contribution < -0.4 is 21.3 Å². The van der Waals surface area contributed by atoms with E-state index in [0.29, 0.717) is 35.5 Å². The fourth-order valence-corrected chi connectivity index (χ4v) is 3.70. The van der Waals surface area contributed by atoms with Gasteiger partial charge in [0.05, 0.1) is 11.1 Å². The molecule has 1 aromatic heterocycles. The van der Waals surface area contributed by atoms with E-state index in [1.807, 2.05) is 25.1 Å². The van der Waals surface area contributed by atoms with Crippen molar-refractivity contribution in [2.24, 2.45) is 5.73 Å². The lowest BCUT2D eigenvalue weighted by molar-refractivity contribution is -0.118. The number of nitriles is 2. The summed E-state index contributed by atoms with van der Waals surface area (Å²) < 4.78 is 0. The Hall–Kier alpha value is -3.62. The number of carbonyl (C=O) groups is 1. The second kappa shape index (κ2) is 9.73. The summed E-state index contributed by atoms with van der Waals surface area (Å²) in [4.78, 5) is 18.9. The van der Waals surface area contributed by atoms with Crippen LogP contribution in [0.5, 0.6) is 0 Å². The molecule has 0 radical (unpaired) electrons. The SMILES string of the molecule is CCc1c(C#N)c(N[C@@H](C(N)=O)c2ccccc2)nc(N2CCCNCC2)c1C#N. The molecule has 0 spiro atoms. The molecule has 1 saturated heterocycles. The smallest absolute Gasteiger partial charge is 0.244 e. The molecule has 0 bridgehead atoms. The minimum atomic E-state index is -0.845. The van der Waals surface area contributed by atoms with Gasteiger partial charge in [0.15, 0.2) is 0 Å². The summed E-state index contributed by atoms with van der Waals surface area (Å²) in [6, 6.07) is 12.6. The molecule has 1 amide bonds. The minimum absolute atomic E-state index is 0.271. The zero-order valence-corrected chi connectivity index (χ0v) is 17.0. The van der Waals surface area contributed by atoms with E-state index in [-0.39, 0.29) is 11.4 Å². The van der Waals surface area contributed by atoms with Gasteiger partial charge in [-0.05, 0) is 30.5 Å². The van der Waals surface area contributed by atoms with Crippen LogP contribution in [-0.4, -0.2) is 37.1 Å². The summed E-state index contributed by atoms with van der Waals surface area (Å²) in [5, 5.41) is 26.1. The van der Waals surface area contributed by atoms with Crippen LogP contribution >= 0.6 is 0 Å². The van der Waals surface area contributed by atoms with E-state index < -0.39 is 11.9 Å². The van der Waals surface area contributed by atoms with Crippen molar-refractivity contribution in [3.63, 3.8) is 0 Å². The number of pyridine rings is 1. The molecule has 1 atom stereocenters. The van der Waals surface area contributed by atoms with Gasteiger partial charge in [-0.1, -0.05) is 37.3 Å². The van der Waals surface area contributed by atoms with Crippen molar-refractivity contribution < 1.29 is 4.79 Å². The molecule has 8 heteroatoms. The summed E-state index contributed by atoms with van der Waals surface area (Å²) in [6.45, 7) is 5.04. The molecule has 154 valence electrons. The molecule has 2 aromatic rings. The highest BCUT2D eigenvalue weighted by atomic mass is 16.1. The maximum atomic E-state index is 12.2. The topological polar surface area (TPSA) is 131 Å². The van der Waals surface area contributed by atoms with Crippen LogP contribution in [0, 0.1) is 22.7 Å². The van der Waals surface area contributed by atoms with Gasteiger partial charge >= 0.3 is 0 Å². The summed E-state index contributed by atoms with van der Waals surface area (Å²) in [5.41, 5.74) is 7.64. The van der Waals surface area contributed by atoms with Crippen molar-refractivity contribution in [3.8, 4) is 12.1 Å². The second-order valence-corrected chi connectivity index (χ2v) is 7.07. The molecule has 1 aliphatic rings. The summed E-state index contributed by atoms with van der Waals surface area (Å²) in [7, 11) is 0. The highest BCUT2D eigenvalue weighted by molar-refractivity contribution is 5.85. The van der Waals surface area contributed by atoms with Crippen LogP contribution in [0.4, 0.5) is 11.6 Å². The highest BCUT2D eigenvalue weighted by Gasteiger charge is 2.26. The van der Waals surface area contributed by atoms with Crippen LogP contribution in [0.1, 0.15) is 41.6 Å². The fraction of sp³-hybridized carbons (Fsp3) is 0.364. The third-order valence-corrected chi connectivity index (χ3v) is 5.20. The first-order chi connectivity index (χ1) is 14.6. The Morgan fingerprint density at radius 3 is 2.60 bits per heavy atom. The Kier molecular flexibility index (Phi) is 6.84. The van der Waals surface area contributed by atoms with Gasteiger partial charge in [0.1, 0.15) is 29.8 Å². The van der Waals surface area contributed by atoms with Crippen LogP contribution in [-0.2, 0) is 11.2 Å². The highest BCUT2D eigenvalue weighted by Crippen LogP contribution is 2.31. The summed E-state index contributed by atoms with van der Waals surface area (Å²) in [6.07, 6.45) is 1.42. The number of primary amides is 1. The van der Waals surface area contributed by atoms with E-state index in [0.717, 1.165) is 26.1 Å². The minimum Gasteiger partial charge on any atom is -0.368 e. The van der Waals surface area contributed by atoms with Crippen molar-refractivity contribution in [2.45, 2.75) is 25.8 Å². The maximum absolute atomic E-state index is 12.2. The molecule has 0 unspecified atom stereocenters. The van der Waals surface area contributed by atoms with Gasteiger partial charge in [-0.2, -0.15) is 10.5 Å². The first-order valence-electron chi connectivity index (χ1n) is 10.0. The quantitative estimate of drug-likeness (QED) is 0.670. The average molecular weight is 403 g/mol. The Labute approximate surface area is 176 Å². The predicted octanol–water partition coefficient (Wildman–Crippen LogP) is 1.83. The zero-order valence-electron chi connectivity index (χ0n) is 17.0. The molecular formula is C22H25N7O. The van der Waals surface area contributed by atoms with Gasteiger partial charge < -0.3 is 21.3 Å². The number of nitrogens with two attached hydrogens (primary N) is 1. The van der Waals surface area contributed by atoms with Gasteiger partial charge in [0.25, 0.3) is 0 Å². The number of amides is 1. The van der Waals surface area contributed by atoms with Crippen LogP contribution in [0.15, 0.2) is 30.3 Å². The number of hydrogen-bond donors (Lipinski definition) is 3. The molecule has 2 heterocycles. The van der Waals surface area contributed by atoms with Crippen LogP contribution in [0.2, 0.25) is 0 Å². The van der Waals surface area contributed by atoms with Gasteiger partial charge in [-0.3, -0.25) is 4.79 Å². The molecular weight excluding hydrogens is 378 g/mol. The average Bonchev–Trinajstić information content (AvgIpc) is 3.06. The number of nitrogens with one attached hydrogen (secondary N) is 2. The second-order valence-electron chi connectivity index (χ2n) is 7.07. The molecule has 0 aliphatic carbocycles. The van der Waals surface area contributed by atoms with Gasteiger partial charge in [-0.25, -0.2) is 4.98 Å². The number of hydrogen-bond acceptors (Lipinski definition) is 7. The monoisotopic (exact) mass is 403 g/mol. The van der Waals surface area contributed by atoms with Crippen molar-refractivity contribution in [1.29, 1.82) is 10.5 Å². The molecule has 3 rings (SSSR count). The number of anilines is 2. The number of benzene rings is 1. The first kappa shape index (κ1) is 21.1. The number of aromatic nitrogens is 1. The molecule has 0 saturated carbocycles. The van der Waals surface area contributed by atoms with E-state index in [1.165, 1.54) is 0 Å². The van der Waals surface area contributed by atoms with E-state index in [1.54, 1.807) is 12.1 Å². The van der Waals surface area contributed by atoms with E-state index in [9.17, 15) is 15.3 Å². The lowest BCUT2D eigenvalue weighted by Gasteiger charge is -2.26. The van der Waals surface area contributed by atoms with Crippen molar-refractivity contribution >= 4 is 17.5 Å². The molecule has 1 aromatic carbocycles. The molecule has 8 nitrogen and oxygen atoms in total. The number of rotatable bonds is 6. The maximum Gasteiger partial charge on any atom is 0.244 e. The zero-order chi connectivity index (χ0) is 21.5. The van der Waals surface area contributed by atoms with Crippen molar-refractivity contribution in [3.05, 3.63) is 52.6 Å². The molecule has 4 N–H and O–H groups in total. The Morgan fingerprint density at radius 1 is 1.23 bits per heavy atom. The lowest BCUT2D eigenvalue weighted by Crippen LogP contribution is -2.31. The largest absolute Gasteiger partial charge is 0.368 e. The third kappa shape index (κ3) is 4.35. The van der Waals surface area contributed by atoms with Crippen molar-refractivity contribution in [1.82, 2.24) is 10.3 Å². The van der Waals surface area contributed by atoms with Crippen molar-refractivity contribution in [2.75, 3.05) is 36.4 Å². The number of carbonyl (C=O) groups excluding carboxylic acids is 1. The van der Waals surface area contributed by atoms with Crippen LogP contribution in [0.25, 0.3) is 0 Å². The standard InChI is InChI=1S/C22H25N7O/c1-2-16-17(13-23)21(27-19(20(25)30)15-7-4-3-5-8-15)28-22(18(16)14-24)29-11-6-9-26-10-12-29/h3-5,7-8,19,26H,2,6,9-12H2,1H3,(H2,25,30)(H,27,28)/t19-/m1/s1. The predicted molar refractivity (Wildman–Crippen MR) is 115 cm³/mol. The van der Waals surface area contributed by atoms with E-state index in [2.05, 4.69) is 32.7 Å². The van der Waals surface area contributed by atoms with E-state index >= 15 is 0 Å². The normalized spacial score (nSPS) is 14.8. The van der Waals surface area contributed by atoms with Gasteiger partial charge in [0, 0.05) is 19.6 Å². The van der Waals surface area contributed by atoms with Crippen LogP contribution in [0.3, 0.4) is 0 Å². The Bertz CT molecular complexity index is 983. The third-order valence-electron chi connectivity index (χ3n) is 5.20. The molecule has 1 fully saturated rings. The fourth-order valence-electron chi connectivity index (χ4n) is 3.70.